The summed E-state index contributed by atoms with van der Waals surface area (Å²) < 4.78 is 6.73. The van der Waals surface area contributed by atoms with Crippen molar-refractivity contribution in [2.24, 2.45) is 0 Å². The summed E-state index contributed by atoms with van der Waals surface area (Å²) in [7, 11) is 0. The maximum absolute atomic E-state index is 6.16. The second-order valence-corrected chi connectivity index (χ2v) is 6.25. The summed E-state index contributed by atoms with van der Waals surface area (Å²) in [6, 6.07) is 0.591. The van der Waals surface area contributed by atoms with Crippen LogP contribution in [0.5, 0.6) is 0 Å². The first kappa shape index (κ1) is 13.7. The molecule has 104 valence electrons. The Balaban J connectivity index is 1.84. The molecule has 3 heterocycles. The Morgan fingerprint density at radius 1 is 1.47 bits per heavy atom. The van der Waals surface area contributed by atoms with Gasteiger partial charge >= 0.3 is 0 Å². The van der Waals surface area contributed by atoms with Crippen LogP contribution in [0.3, 0.4) is 0 Å². The van der Waals surface area contributed by atoms with E-state index < -0.39 is 0 Å². The smallest absolute Gasteiger partial charge is 0.160 e. The second-order valence-electron chi connectivity index (χ2n) is 5.10. The SMILES string of the molecule is CCc1nc(C2CN3CCCC3CO2)nc(Cl)c1Br. The van der Waals surface area contributed by atoms with Gasteiger partial charge in [0.05, 0.1) is 16.8 Å². The zero-order chi connectivity index (χ0) is 13.4. The molecule has 0 spiro atoms. The van der Waals surface area contributed by atoms with E-state index in [0.29, 0.717) is 11.2 Å². The third kappa shape index (κ3) is 2.66. The van der Waals surface area contributed by atoms with Crippen molar-refractivity contribution in [1.29, 1.82) is 0 Å². The van der Waals surface area contributed by atoms with Gasteiger partial charge < -0.3 is 4.74 Å². The van der Waals surface area contributed by atoms with Crippen LogP contribution in [-0.4, -0.2) is 40.6 Å². The van der Waals surface area contributed by atoms with Gasteiger partial charge in [-0.1, -0.05) is 18.5 Å². The van der Waals surface area contributed by atoms with Gasteiger partial charge in [0, 0.05) is 12.6 Å². The molecule has 0 aliphatic carbocycles. The third-order valence-corrected chi connectivity index (χ3v) is 5.24. The van der Waals surface area contributed by atoms with Gasteiger partial charge in [-0.05, 0) is 41.7 Å². The molecule has 2 aliphatic rings. The van der Waals surface area contributed by atoms with Crippen LogP contribution in [0.4, 0.5) is 0 Å². The van der Waals surface area contributed by atoms with Gasteiger partial charge in [-0.15, -0.1) is 0 Å². The molecule has 0 amide bonds. The number of hydrogen-bond donors (Lipinski definition) is 0. The first-order valence-electron chi connectivity index (χ1n) is 6.76. The van der Waals surface area contributed by atoms with Gasteiger partial charge in [0.2, 0.25) is 0 Å². The molecule has 0 bridgehead atoms. The minimum Gasteiger partial charge on any atom is -0.367 e. The van der Waals surface area contributed by atoms with Crippen molar-refractivity contribution in [2.45, 2.75) is 38.3 Å². The summed E-state index contributed by atoms with van der Waals surface area (Å²) in [5.41, 5.74) is 0.946. The first-order valence-corrected chi connectivity index (χ1v) is 7.93. The molecule has 0 N–H and O–H groups in total. The quantitative estimate of drug-likeness (QED) is 0.772. The predicted molar refractivity (Wildman–Crippen MR) is 77.4 cm³/mol. The number of ether oxygens (including phenoxy) is 1. The van der Waals surface area contributed by atoms with Crippen LogP contribution >= 0.6 is 27.5 Å². The van der Waals surface area contributed by atoms with Crippen molar-refractivity contribution in [3.63, 3.8) is 0 Å². The number of aryl methyl sites for hydroxylation is 1. The Bertz CT molecular complexity index is 485. The lowest BCUT2D eigenvalue weighted by atomic mass is 10.2. The summed E-state index contributed by atoms with van der Waals surface area (Å²) in [6.45, 7) is 4.88. The van der Waals surface area contributed by atoms with E-state index in [0.717, 1.165) is 42.1 Å². The Kier molecular flexibility index (Phi) is 4.08. The standard InChI is InChI=1S/C13H17BrClN3O/c1-2-9-11(14)12(15)17-13(16-9)10-6-18-5-3-4-8(18)7-19-10/h8,10H,2-7H2,1H3. The van der Waals surface area contributed by atoms with Gasteiger partial charge in [0.25, 0.3) is 0 Å². The summed E-state index contributed by atoms with van der Waals surface area (Å²) in [6.07, 6.45) is 3.29. The molecule has 0 saturated carbocycles. The molecule has 4 nitrogen and oxygen atoms in total. The van der Waals surface area contributed by atoms with E-state index in [2.05, 4.69) is 37.7 Å². The maximum Gasteiger partial charge on any atom is 0.160 e. The molecule has 2 aliphatic heterocycles. The molecule has 2 saturated heterocycles. The number of morpholine rings is 1. The summed E-state index contributed by atoms with van der Waals surface area (Å²) in [5, 5.41) is 0.481. The van der Waals surface area contributed by atoms with Gasteiger partial charge in [0.1, 0.15) is 11.3 Å². The van der Waals surface area contributed by atoms with E-state index in [4.69, 9.17) is 16.3 Å². The van der Waals surface area contributed by atoms with Crippen LogP contribution in [-0.2, 0) is 11.2 Å². The summed E-state index contributed by atoms with van der Waals surface area (Å²) in [5.74, 6) is 0.718. The Morgan fingerprint density at radius 3 is 3.11 bits per heavy atom. The number of fused-ring (bicyclic) bond motifs is 1. The first-order chi connectivity index (χ1) is 9.19. The van der Waals surface area contributed by atoms with Gasteiger partial charge in [-0.2, -0.15) is 0 Å². The molecule has 2 atom stereocenters. The Labute approximate surface area is 126 Å². The molecule has 19 heavy (non-hydrogen) atoms. The number of halogens is 2. The number of hydrogen-bond acceptors (Lipinski definition) is 4. The number of rotatable bonds is 2. The van der Waals surface area contributed by atoms with E-state index in [-0.39, 0.29) is 6.10 Å². The maximum atomic E-state index is 6.16. The molecule has 0 aromatic carbocycles. The minimum absolute atomic E-state index is 0.0507. The van der Waals surface area contributed by atoms with Crippen molar-refractivity contribution >= 4 is 27.5 Å². The lowest BCUT2D eigenvalue weighted by Crippen LogP contribution is -2.42. The average molecular weight is 347 g/mol. The zero-order valence-electron chi connectivity index (χ0n) is 10.9. The van der Waals surface area contributed by atoms with E-state index in [9.17, 15) is 0 Å². The van der Waals surface area contributed by atoms with Crippen LogP contribution < -0.4 is 0 Å². The van der Waals surface area contributed by atoms with Crippen LogP contribution in [0.2, 0.25) is 5.15 Å². The molecular formula is C13H17BrClN3O. The summed E-state index contributed by atoms with van der Waals surface area (Å²) in [4.78, 5) is 11.5. The molecule has 1 aromatic rings. The highest BCUT2D eigenvalue weighted by atomic mass is 79.9. The molecule has 3 rings (SSSR count). The van der Waals surface area contributed by atoms with E-state index in [1.807, 2.05) is 0 Å². The van der Waals surface area contributed by atoms with Crippen molar-refractivity contribution in [1.82, 2.24) is 14.9 Å². The molecule has 2 unspecified atom stereocenters. The average Bonchev–Trinajstić information content (AvgIpc) is 2.89. The van der Waals surface area contributed by atoms with Crippen molar-refractivity contribution in [3.05, 3.63) is 21.1 Å². The highest BCUT2D eigenvalue weighted by molar-refractivity contribution is 9.10. The number of aromatic nitrogens is 2. The Hall–Kier alpha value is -0.230. The fraction of sp³-hybridized carbons (Fsp3) is 0.692. The van der Waals surface area contributed by atoms with Crippen molar-refractivity contribution < 1.29 is 4.74 Å². The van der Waals surface area contributed by atoms with Crippen molar-refractivity contribution in [3.8, 4) is 0 Å². The van der Waals surface area contributed by atoms with Crippen LogP contribution in [0.1, 0.15) is 37.4 Å². The highest BCUT2D eigenvalue weighted by Crippen LogP contribution is 2.31. The lowest BCUT2D eigenvalue weighted by Gasteiger charge is -2.34. The number of nitrogens with zero attached hydrogens (tertiary/aromatic N) is 3. The minimum atomic E-state index is -0.0507. The van der Waals surface area contributed by atoms with Crippen LogP contribution in [0, 0.1) is 0 Å². The predicted octanol–water partition coefficient (Wildman–Crippen LogP) is 2.99. The van der Waals surface area contributed by atoms with Gasteiger partial charge in [-0.3, -0.25) is 4.90 Å². The Morgan fingerprint density at radius 2 is 2.32 bits per heavy atom. The zero-order valence-corrected chi connectivity index (χ0v) is 13.2. The molecule has 6 heteroatoms. The summed E-state index contributed by atoms with van der Waals surface area (Å²) >= 11 is 9.60. The second kappa shape index (κ2) is 5.64. The fourth-order valence-electron chi connectivity index (χ4n) is 2.83. The molecule has 0 radical (unpaired) electrons. The van der Waals surface area contributed by atoms with E-state index >= 15 is 0 Å². The molecule has 2 fully saturated rings. The topological polar surface area (TPSA) is 38.2 Å². The molecule has 1 aromatic heterocycles. The monoisotopic (exact) mass is 345 g/mol. The van der Waals surface area contributed by atoms with Crippen LogP contribution in [0.25, 0.3) is 0 Å². The van der Waals surface area contributed by atoms with Gasteiger partial charge in [-0.25, -0.2) is 9.97 Å². The fourth-order valence-corrected chi connectivity index (χ4v) is 3.49. The lowest BCUT2D eigenvalue weighted by molar-refractivity contribution is -0.0542. The normalized spacial score (nSPS) is 27.5. The van der Waals surface area contributed by atoms with E-state index in [1.165, 1.54) is 12.8 Å². The van der Waals surface area contributed by atoms with E-state index in [1.54, 1.807) is 0 Å². The molecular weight excluding hydrogens is 330 g/mol. The largest absolute Gasteiger partial charge is 0.367 e. The highest BCUT2D eigenvalue weighted by Gasteiger charge is 2.34. The van der Waals surface area contributed by atoms with Gasteiger partial charge in [0.15, 0.2) is 5.82 Å². The van der Waals surface area contributed by atoms with Crippen LogP contribution in [0.15, 0.2) is 4.47 Å². The van der Waals surface area contributed by atoms with Crippen molar-refractivity contribution in [2.75, 3.05) is 19.7 Å². The third-order valence-electron chi connectivity index (χ3n) is 3.91.